The van der Waals surface area contributed by atoms with Crippen LogP contribution < -0.4 is 10.6 Å². The van der Waals surface area contributed by atoms with Crippen molar-refractivity contribution in [2.75, 3.05) is 5.32 Å². The second-order valence-corrected chi connectivity index (χ2v) is 11.6. The second-order valence-electron chi connectivity index (χ2n) is 3.15. The Morgan fingerprint density at radius 1 is 1.16 bits per heavy atom. The maximum atomic E-state index is 11.6. The van der Waals surface area contributed by atoms with E-state index in [2.05, 4.69) is 58.4 Å². The quantitative estimate of drug-likeness (QED) is 0.380. The van der Waals surface area contributed by atoms with E-state index < -0.39 is 8.05 Å². The number of hydrogen-bond donors (Lipinski definition) is 2. The average molecular weight is 534 g/mol. The number of benzene rings is 1. The molecule has 1 amide bonds. The third-order valence-corrected chi connectivity index (χ3v) is 3.83. The Labute approximate surface area is 155 Å². The summed E-state index contributed by atoms with van der Waals surface area (Å²) in [6.45, 7) is 0. The van der Waals surface area contributed by atoms with Crippen LogP contribution in [0.2, 0.25) is 15.1 Å². The van der Waals surface area contributed by atoms with Gasteiger partial charge in [0.1, 0.15) is 0 Å². The number of alkyl halides is 3. The molecule has 0 heterocycles. The lowest BCUT2D eigenvalue weighted by Crippen LogP contribution is -2.40. The second kappa shape index (κ2) is 7.24. The van der Waals surface area contributed by atoms with Gasteiger partial charge in [-0.05, 0) is 72.1 Å². The molecular weight excluding hydrogens is 530 g/mol. The molecule has 2 N–H and O–H groups in total. The van der Waals surface area contributed by atoms with Gasteiger partial charge in [-0.1, -0.05) is 34.8 Å². The number of rotatable bonds is 1. The van der Waals surface area contributed by atoms with Crippen LogP contribution in [0.1, 0.15) is 0 Å². The predicted molar refractivity (Wildman–Crippen MR) is 95.3 cm³/mol. The van der Waals surface area contributed by atoms with E-state index in [0.29, 0.717) is 10.7 Å². The highest BCUT2D eigenvalue weighted by Crippen LogP contribution is 2.35. The topological polar surface area (TPSA) is 41.1 Å². The van der Waals surface area contributed by atoms with Gasteiger partial charge in [0, 0.05) is 5.02 Å². The summed E-state index contributed by atoms with van der Waals surface area (Å²) in [5, 5.41) is 6.17. The summed E-state index contributed by atoms with van der Waals surface area (Å²) in [4.78, 5) is 11.6. The first-order valence-electron chi connectivity index (χ1n) is 4.45. The molecule has 1 aromatic carbocycles. The van der Waals surface area contributed by atoms with Gasteiger partial charge in [0.05, 0.1) is 15.7 Å². The molecule has 10 heteroatoms. The van der Waals surface area contributed by atoms with Crippen LogP contribution in [-0.4, -0.2) is 13.2 Å². The molecule has 3 nitrogen and oxygen atoms in total. The van der Waals surface area contributed by atoms with Crippen molar-refractivity contribution in [2.45, 2.75) is 2.14 Å². The van der Waals surface area contributed by atoms with Crippen molar-refractivity contribution < 1.29 is 4.79 Å². The summed E-state index contributed by atoms with van der Waals surface area (Å²) in [6.07, 6.45) is 0. The molecule has 19 heavy (non-hydrogen) atoms. The Kier molecular flexibility index (Phi) is 6.84. The Balaban J connectivity index is 2.82. The Bertz CT molecular complexity index is 513. The van der Waals surface area contributed by atoms with Gasteiger partial charge in [-0.15, -0.1) is 0 Å². The number of nitrogens with one attached hydrogen (secondary N) is 2. The molecule has 1 rings (SSSR count). The first-order valence-corrected chi connectivity index (χ1v) is 8.37. The third-order valence-electron chi connectivity index (χ3n) is 1.73. The third kappa shape index (κ3) is 5.65. The molecule has 0 aliphatic carbocycles. The summed E-state index contributed by atoms with van der Waals surface area (Å²) >= 11 is 31.9. The first kappa shape index (κ1) is 17.9. The van der Waals surface area contributed by atoms with Gasteiger partial charge in [-0.2, -0.15) is 0 Å². The number of hydrogen-bond acceptors (Lipinski definition) is 2. The molecule has 0 spiro atoms. The van der Waals surface area contributed by atoms with E-state index in [1.54, 1.807) is 0 Å². The van der Waals surface area contributed by atoms with Crippen LogP contribution in [0.25, 0.3) is 0 Å². The van der Waals surface area contributed by atoms with E-state index in [1.807, 2.05) is 0 Å². The lowest BCUT2D eigenvalue weighted by atomic mass is 10.3. The molecule has 1 aromatic rings. The first-order chi connectivity index (χ1) is 8.61. The smallest absolute Gasteiger partial charge is 0.264 e. The lowest BCUT2D eigenvalue weighted by molar-refractivity contribution is -0.118. The van der Waals surface area contributed by atoms with E-state index in [9.17, 15) is 4.79 Å². The fourth-order valence-corrected chi connectivity index (χ4v) is 2.38. The molecule has 0 radical (unpaired) electrons. The minimum atomic E-state index is -1.10. The molecule has 0 atom stereocenters. The molecule has 0 saturated carbocycles. The zero-order chi connectivity index (χ0) is 14.8. The van der Waals surface area contributed by atoms with Gasteiger partial charge in [0.25, 0.3) is 5.91 Å². The normalized spacial score (nSPS) is 11.1. The Morgan fingerprint density at radius 3 is 2.05 bits per heavy atom. The summed E-state index contributed by atoms with van der Waals surface area (Å²) in [5.41, 5.74) is 0.363. The zero-order valence-corrected chi connectivity index (χ0v) is 16.6. The molecule has 0 aliphatic rings. The predicted octanol–water partition coefficient (Wildman–Crippen LogP) is 5.30. The SMILES string of the molecule is O=C(NC(=S)Nc1c(Cl)cc(Cl)cc1Cl)C(Br)(Br)Br. The minimum Gasteiger partial charge on any atom is -0.330 e. The fourth-order valence-electron chi connectivity index (χ4n) is 0.980. The van der Waals surface area contributed by atoms with Crippen LogP contribution in [0.3, 0.4) is 0 Å². The number of halogens is 6. The summed E-state index contributed by atoms with van der Waals surface area (Å²) < 4.78 is -1.10. The van der Waals surface area contributed by atoms with Gasteiger partial charge < -0.3 is 10.6 Å². The molecule has 0 aliphatic heterocycles. The monoisotopic (exact) mass is 530 g/mol. The van der Waals surface area contributed by atoms with Crippen molar-refractivity contribution in [1.29, 1.82) is 0 Å². The van der Waals surface area contributed by atoms with Gasteiger partial charge in [0.2, 0.25) is 2.14 Å². The molecule has 104 valence electrons. The standard InChI is InChI=1S/C9H4Br3Cl3N2OS/c10-9(11,12)7(18)17-8(19)16-6-4(14)1-3(13)2-5(6)15/h1-2H,(H2,16,17,18,19). The zero-order valence-electron chi connectivity index (χ0n) is 8.74. The highest BCUT2D eigenvalue weighted by molar-refractivity contribution is 9.40. The Morgan fingerprint density at radius 2 is 1.63 bits per heavy atom. The van der Waals surface area contributed by atoms with Crippen molar-refractivity contribution in [2.24, 2.45) is 0 Å². The highest BCUT2D eigenvalue weighted by atomic mass is 80.0. The van der Waals surface area contributed by atoms with Crippen LogP contribution in [-0.2, 0) is 4.79 Å². The van der Waals surface area contributed by atoms with Crippen LogP contribution in [0.5, 0.6) is 0 Å². The van der Waals surface area contributed by atoms with Crippen LogP contribution >= 0.6 is 94.8 Å². The van der Waals surface area contributed by atoms with Crippen LogP contribution in [0.4, 0.5) is 5.69 Å². The number of amides is 1. The van der Waals surface area contributed by atoms with Crippen molar-refractivity contribution in [1.82, 2.24) is 5.32 Å². The van der Waals surface area contributed by atoms with Gasteiger partial charge in [-0.3, -0.25) is 4.79 Å². The van der Waals surface area contributed by atoms with E-state index in [1.165, 1.54) is 12.1 Å². The molecule has 0 fully saturated rings. The van der Waals surface area contributed by atoms with Gasteiger partial charge in [-0.25, -0.2) is 0 Å². The van der Waals surface area contributed by atoms with Crippen LogP contribution in [0.15, 0.2) is 12.1 Å². The number of carbonyl (C=O) groups excluding carboxylic acids is 1. The highest BCUT2D eigenvalue weighted by Gasteiger charge is 2.29. The van der Waals surface area contributed by atoms with Gasteiger partial charge >= 0.3 is 0 Å². The molecule has 0 unspecified atom stereocenters. The number of carbonyl (C=O) groups is 1. The lowest BCUT2D eigenvalue weighted by Gasteiger charge is -2.15. The minimum absolute atomic E-state index is 0.0406. The molecular formula is C9H4Br3Cl3N2OS. The van der Waals surface area contributed by atoms with Crippen LogP contribution in [0, 0.1) is 0 Å². The number of anilines is 1. The maximum Gasteiger partial charge on any atom is 0.264 e. The molecule has 0 aromatic heterocycles. The summed E-state index contributed by atoms with van der Waals surface area (Å²) in [5.74, 6) is -0.453. The summed E-state index contributed by atoms with van der Waals surface area (Å²) in [7, 11) is 0. The fraction of sp³-hybridized carbons (Fsp3) is 0.111. The van der Waals surface area contributed by atoms with E-state index in [0.717, 1.165) is 0 Å². The van der Waals surface area contributed by atoms with Crippen molar-refractivity contribution in [3.05, 3.63) is 27.2 Å². The van der Waals surface area contributed by atoms with Gasteiger partial charge in [0.15, 0.2) is 5.11 Å². The summed E-state index contributed by atoms with van der Waals surface area (Å²) in [6, 6.07) is 3.01. The number of thiocarbonyl (C=S) groups is 1. The molecule has 0 bridgehead atoms. The Hall–Kier alpha value is 0.890. The average Bonchev–Trinajstić information content (AvgIpc) is 2.21. The van der Waals surface area contributed by atoms with Crippen molar-refractivity contribution >= 4 is 112 Å². The maximum absolute atomic E-state index is 11.6. The van der Waals surface area contributed by atoms with Crippen molar-refractivity contribution in [3.8, 4) is 0 Å². The largest absolute Gasteiger partial charge is 0.330 e. The van der Waals surface area contributed by atoms with E-state index in [-0.39, 0.29) is 15.2 Å². The molecule has 0 saturated heterocycles. The van der Waals surface area contributed by atoms with E-state index >= 15 is 0 Å². The van der Waals surface area contributed by atoms with Crippen molar-refractivity contribution in [3.63, 3.8) is 0 Å². The van der Waals surface area contributed by atoms with E-state index in [4.69, 9.17) is 47.0 Å².